The van der Waals surface area contributed by atoms with Crippen molar-refractivity contribution in [3.05, 3.63) is 71.8 Å². The predicted octanol–water partition coefficient (Wildman–Crippen LogP) is 10.3. The van der Waals surface area contributed by atoms with Crippen molar-refractivity contribution in [3.63, 3.8) is 0 Å². The van der Waals surface area contributed by atoms with Crippen LogP contribution in [0.2, 0.25) is 0 Å². The molecule has 1 saturated heterocycles. The molecule has 4 saturated carbocycles. The van der Waals surface area contributed by atoms with Crippen molar-refractivity contribution >= 4 is 8.53 Å². The molecular formula is C36H50NO2P. The standard InChI is InChI=1S/C36H50NO2P/c1-25(27-13-5-3-6-14-27)37(26(2)28-15-7-4-8-16-28)40-38-33-23-21-29-17-9-11-19-31(29)35(33)36-32-20-12-10-18-30(32)22-24-34(36)39-40/h3-8,13-16,25-26,29-36H,9-12,17-24H2,1-2H3/t25-,26-,29?,30?,31?,32?,33?,34?,35?,36?,40?/m0/s1. The monoisotopic (exact) mass is 559 g/mol. The van der Waals surface area contributed by atoms with Gasteiger partial charge in [0.05, 0.1) is 12.2 Å². The van der Waals surface area contributed by atoms with Gasteiger partial charge in [-0.25, -0.2) is 4.67 Å². The van der Waals surface area contributed by atoms with Crippen LogP contribution in [-0.4, -0.2) is 16.9 Å². The van der Waals surface area contributed by atoms with Gasteiger partial charge in [-0.05, 0) is 99.0 Å². The minimum absolute atomic E-state index is 0.217. The number of fused-ring (bicyclic) bond motifs is 7. The van der Waals surface area contributed by atoms with Gasteiger partial charge in [0.15, 0.2) is 0 Å². The molecule has 7 rings (SSSR count). The lowest BCUT2D eigenvalue weighted by molar-refractivity contribution is -0.0856. The van der Waals surface area contributed by atoms with Crippen LogP contribution in [0.15, 0.2) is 60.7 Å². The van der Waals surface area contributed by atoms with Crippen LogP contribution in [0, 0.1) is 35.5 Å². The molecule has 2 aromatic rings. The Hall–Kier alpha value is -1.25. The summed E-state index contributed by atoms with van der Waals surface area (Å²) in [5, 5.41) is 0. The van der Waals surface area contributed by atoms with Crippen LogP contribution >= 0.6 is 8.53 Å². The molecule has 1 heterocycles. The molecular weight excluding hydrogens is 509 g/mol. The van der Waals surface area contributed by atoms with Gasteiger partial charge in [-0.15, -0.1) is 0 Å². The maximum absolute atomic E-state index is 7.45. The zero-order valence-electron chi connectivity index (χ0n) is 24.7. The fourth-order valence-corrected chi connectivity index (χ4v) is 12.0. The molecule has 4 heteroatoms. The van der Waals surface area contributed by atoms with E-state index in [1.165, 1.54) is 88.2 Å². The van der Waals surface area contributed by atoms with Gasteiger partial charge < -0.3 is 9.05 Å². The molecule has 216 valence electrons. The second-order valence-corrected chi connectivity index (χ2v) is 15.2. The molecule has 0 radical (unpaired) electrons. The average Bonchev–Trinajstić information content (AvgIpc) is 3.19. The van der Waals surface area contributed by atoms with E-state index in [1.807, 2.05) is 0 Å². The molecule has 4 aliphatic carbocycles. The summed E-state index contributed by atoms with van der Waals surface area (Å²) in [5.74, 6) is 4.95. The highest BCUT2D eigenvalue weighted by atomic mass is 31.2. The molecule has 0 bridgehead atoms. The van der Waals surface area contributed by atoms with Crippen molar-refractivity contribution in [2.45, 2.75) is 115 Å². The number of rotatable bonds is 5. The van der Waals surface area contributed by atoms with Gasteiger partial charge in [-0.2, -0.15) is 0 Å². The summed E-state index contributed by atoms with van der Waals surface area (Å²) in [6.07, 6.45) is 17.4. The summed E-state index contributed by atoms with van der Waals surface area (Å²) in [6, 6.07) is 22.6. The highest BCUT2D eigenvalue weighted by Gasteiger charge is 2.56. The van der Waals surface area contributed by atoms with Crippen molar-refractivity contribution < 1.29 is 9.05 Å². The van der Waals surface area contributed by atoms with Gasteiger partial charge in [0.25, 0.3) is 8.53 Å². The van der Waals surface area contributed by atoms with E-state index in [4.69, 9.17) is 9.05 Å². The van der Waals surface area contributed by atoms with Crippen LogP contribution in [0.25, 0.3) is 0 Å². The Morgan fingerprint density at radius 3 is 1.45 bits per heavy atom. The van der Waals surface area contributed by atoms with Gasteiger partial charge in [0.2, 0.25) is 0 Å². The number of benzene rings is 2. The molecule has 2 aromatic carbocycles. The van der Waals surface area contributed by atoms with Crippen LogP contribution in [0.5, 0.6) is 0 Å². The summed E-state index contributed by atoms with van der Waals surface area (Å²) in [4.78, 5) is 0. The summed E-state index contributed by atoms with van der Waals surface area (Å²) < 4.78 is 17.5. The Kier molecular flexibility index (Phi) is 8.38. The molecule has 0 N–H and O–H groups in total. The highest BCUT2D eigenvalue weighted by Crippen LogP contribution is 2.64. The molecule has 3 nitrogen and oxygen atoms in total. The van der Waals surface area contributed by atoms with Crippen LogP contribution < -0.4 is 0 Å². The maximum atomic E-state index is 7.45. The smallest absolute Gasteiger partial charge is 0.260 e. The molecule has 0 aromatic heterocycles. The first-order chi connectivity index (χ1) is 19.7. The lowest BCUT2D eigenvalue weighted by Crippen LogP contribution is -2.51. The third-order valence-electron chi connectivity index (χ3n) is 11.9. The molecule has 5 aliphatic rings. The highest BCUT2D eigenvalue weighted by molar-refractivity contribution is 7.44. The Balaban J connectivity index is 1.27. The van der Waals surface area contributed by atoms with Gasteiger partial charge in [-0.3, -0.25) is 0 Å². The Labute approximate surface area is 244 Å². The molecule has 10 atom stereocenters. The molecule has 5 fully saturated rings. The predicted molar refractivity (Wildman–Crippen MR) is 165 cm³/mol. The molecule has 40 heavy (non-hydrogen) atoms. The van der Waals surface area contributed by atoms with E-state index in [1.54, 1.807) is 0 Å². The minimum atomic E-state index is -1.19. The van der Waals surface area contributed by atoms with Gasteiger partial charge in [0.1, 0.15) is 0 Å². The Morgan fingerprint density at radius 1 is 0.575 bits per heavy atom. The Bertz CT molecular complexity index is 1010. The van der Waals surface area contributed by atoms with Crippen molar-refractivity contribution in [2.75, 3.05) is 0 Å². The first-order valence-corrected chi connectivity index (χ1v) is 17.8. The quantitative estimate of drug-likeness (QED) is 0.340. The lowest BCUT2D eigenvalue weighted by Gasteiger charge is -2.53. The molecule has 0 spiro atoms. The van der Waals surface area contributed by atoms with Gasteiger partial charge in [-0.1, -0.05) is 99.2 Å². The summed E-state index contributed by atoms with van der Waals surface area (Å²) in [7, 11) is -1.19. The minimum Gasteiger partial charge on any atom is -0.318 e. The fourth-order valence-electron chi connectivity index (χ4n) is 9.96. The first kappa shape index (κ1) is 27.6. The van der Waals surface area contributed by atoms with E-state index in [0.29, 0.717) is 24.0 Å². The van der Waals surface area contributed by atoms with E-state index in [0.717, 1.165) is 23.7 Å². The van der Waals surface area contributed by atoms with Crippen LogP contribution in [-0.2, 0) is 9.05 Å². The first-order valence-electron chi connectivity index (χ1n) is 16.7. The average molecular weight is 560 g/mol. The lowest BCUT2D eigenvalue weighted by atomic mass is 9.53. The molecule has 0 amide bonds. The summed E-state index contributed by atoms with van der Waals surface area (Å²) in [5.41, 5.74) is 2.70. The Morgan fingerprint density at radius 2 is 1.00 bits per heavy atom. The van der Waals surface area contributed by atoms with E-state index in [2.05, 4.69) is 79.2 Å². The number of hydrogen-bond acceptors (Lipinski definition) is 3. The largest absolute Gasteiger partial charge is 0.318 e. The van der Waals surface area contributed by atoms with E-state index in [9.17, 15) is 0 Å². The summed E-state index contributed by atoms with van der Waals surface area (Å²) >= 11 is 0. The van der Waals surface area contributed by atoms with Crippen LogP contribution in [0.4, 0.5) is 0 Å². The van der Waals surface area contributed by atoms with Crippen LogP contribution in [0.1, 0.15) is 114 Å². The maximum Gasteiger partial charge on any atom is 0.260 e. The second-order valence-electron chi connectivity index (χ2n) is 13.8. The van der Waals surface area contributed by atoms with Crippen molar-refractivity contribution in [3.8, 4) is 0 Å². The zero-order chi connectivity index (χ0) is 27.1. The van der Waals surface area contributed by atoms with Crippen molar-refractivity contribution in [1.29, 1.82) is 0 Å². The third-order valence-corrected chi connectivity index (χ3v) is 13.8. The number of hydrogen-bond donors (Lipinski definition) is 0. The van der Waals surface area contributed by atoms with Crippen molar-refractivity contribution in [1.82, 2.24) is 4.67 Å². The van der Waals surface area contributed by atoms with Crippen LogP contribution in [0.3, 0.4) is 0 Å². The van der Waals surface area contributed by atoms with E-state index < -0.39 is 8.53 Å². The topological polar surface area (TPSA) is 21.7 Å². The number of nitrogens with zero attached hydrogens (tertiary/aromatic N) is 1. The second kappa shape index (κ2) is 12.2. The van der Waals surface area contributed by atoms with E-state index in [-0.39, 0.29) is 12.1 Å². The zero-order valence-corrected chi connectivity index (χ0v) is 25.6. The van der Waals surface area contributed by atoms with Gasteiger partial charge in [0, 0.05) is 12.1 Å². The molecule has 1 aliphatic heterocycles. The van der Waals surface area contributed by atoms with Crippen molar-refractivity contribution in [2.24, 2.45) is 35.5 Å². The normalized spacial score (nSPS) is 39.1. The SMILES string of the molecule is C[C@@H](c1ccccc1)N([C@@H](C)c1ccccc1)P1OC2CCC3CCCCC3C2C2C(CCC3CCCCC32)O1. The fraction of sp³-hybridized carbons (Fsp3) is 0.667. The molecule has 8 unspecified atom stereocenters. The summed E-state index contributed by atoms with van der Waals surface area (Å²) in [6.45, 7) is 4.75. The van der Waals surface area contributed by atoms with E-state index >= 15 is 0 Å². The van der Waals surface area contributed by atoms with Gasteiger partial charge >= 0.3 is 0 Å². The third kappa shape index (κ3) is 5.23.